The Morgan fingerprint density at radius 1 is 0.657 bits per heavy atom. The van der Waals surface area contributed by atoms with Gasteiger partial charge in [-0.15, -0.1) is 0 Å². The van der Waals surface area contributed by atoms with Crippen LogP contribution in [0.5, 0.6) is 11.5 Å². The highest BCUT2D eigenvalue weighted by molar-refractivity contribution is 5.89. The number of hydrogen-bond donors (Lipinski definition) is 0. The van der Waals surface area contributed by atoms with Gasteiger partial charge < -0.3 is 9.47 Å². The second kappa shape index (κ2) is 11.6. The summed E-state index contributed by atoms with van der Waals surface area (Å²) in [4.78, 5) is 23.1. The molecule has 0 spiro atoms. The number of benzene rings is 3. The molecule has 0 aliphatic rings. The molecular formula is C30H25FO4. The highest BCUT2D eigenvalue weighted by Crippen LogP contribution is 2.19. The number of rotatable bonds is 8. The van der Waals surface area contributed by atoms with Gasteiger partial charge in [0.2, 0.25) is 0 Å². The summed E-state index contributed by atoms with van der Waals surface area (Å²) in [6, 6.07) is 18.8. The SMILES string of the molecule is C=C(C)C(=O)Oc1ccc(C=Cc2ccc(C=Cc3ccc(OC(=O)C(=C)C)cc3)c(F)c2)cc1. The summed E-state index contributed by atoms with van der Waals surface area (Å²) in [6.07, 6.45) is 7.11. The Kier molecular flexibility index (Phi) is 8.30. The molecule has 0 unspecified atom stereocenters. The average molecular weight is 469 g/mol. The summed E-state index contributed by atoms with van der Waals surface area (Å²) in [5.74, 6) is -0.457. The molecule has 4 nitrogen and oxygen atoms in total. The molecule has 0 aliphatic carbocycles. The number of ether oxygens (including phenoxy) is 2. The third-order valence-corrected chi connectivity index (χ3v) is 4.83. The fourth-order valence-electron chi connectivity index (χ4n) is 2.84. The highest BCUT2D eigenvalue weighted by Gasteiger charge is 2.06. The summed E-state index contributed by atoms with van der Waals surface area (Å²) in [7, 11) is 0. The molecule has 0 saturated heterocycles. The molecule has 0 saturated carbocycles. The second-order valence-electron chi connectivity index (χ2n) is 7.93. The Bertz CT molecular complexity index is 1310. The second-order valence-corrected chi connectivity index (χ2v) is 7.93. The fourth-order valence-corrected chi connectivity index (χ4v) is 2.84. The largest absolute Gasteiger partial charge is 0.423 e. The van der Waals surface area contributed by atoms with Crippen molar-refractivity contribution in [2.75, 3.05) is 0 Å². The molecule has 0 aliphatic heterocycles. The fraction of sp³-hybridized carbons (Fsp3) is 0.0667. The van der Waals surface area contributed by atoms with Crippen LogP contribution >= 0.6 is 0 Å². The lowest BCUT2D eigenvalue weighted by Gasteiger charge is -2.04. The van der Waals surface area contributed by atoms with Crippen molar-refractivity contribution in [2.24, 2.45) is 0 Å². The minimum atomic E-state index is -0.481. The molecule has 0 amide bonds. The van der Waals surface area contributed by atoms with Crippen molar-refractivity contribution in [3.05, 3.63) is 119 Å². The van der Waals surface area contributed by atoms with Gasteiger partial charge in [0.15, 0.2) is 0 Å². The van der Waals surface area contributed by atoms with E-state index in [0.29, 0.717) is 33.8 Å². The van der Waals surface area contributed by atoms with Gasteiger partial charge in [0.25, 0.3) is 0 Å². The van der Waals surface area contributed by atoms with Gasteiger partial charge in [0.1, 0.15) is 17.3 Å². The van der Waals surface area contributed by atoms with E-state index in [1.807, 2.05) is 12.1 Å². The molecule has 3 rings (SSSR count). The lowest BCUT2D eigenvalue weighted by molar-refractivity contribution is -0.130. The van der Waals surface area contributed by atoms with E-state index in [1.54, 1.807) is 86.7 Å². The Hall–Kier alpha value is -4.51. The number of esters is 2. The molecule has 5 heteroatoms. The third kappa shape index (κ3) is 7.51. The van der Waals surface area contributed by atoms with Crippen LogP contribution in [0.15, 0.2) is 91.0 Å². The minimum Gasteiger partial charge on any atom is -0.423 e. The Morgan fingerprint density at radius 2 is 1.06 bits per heavy atom. The Morgan fingerprint density at radius 3 is 1.49 bits per heavy atom. The molecule has 0 N–H and O–H groups in total. The maximum absolute atomic E-state index is 14.6. The normalized spacial score (nSPS) is 10.9. The summed E-state index contributed by atoms with van der Waals surface area (Å²) < 4.78 is 24.9. The number of carbonyl (C=O) groups excluding carboxylic acids is 2. The third-order valence-electron chi connectivity index (χ3n) is 4.83. The monoisotopic (exact) mass is 468 g/mol. The van der Waals surface area contributed by atoms with E-state index in [9.17, 15) is 14.0 Å². The van der Waals surface area contributed by atoms with Crippen LogP contribution in [0.2, 0.25) is 0 Å². The molecular weight excluding hydrogens is 443 g/mol. The standard InChI is InChI=1S/C30H25FO4/c1-20(2)29(32)34-26-15-9-22(10-16-26)5-6-24-8-14-25(28(31)19-24)13-7-23-11-17-27(18-12-23)35-30(33)21(3)4/h5-19H,1,3H2,2,4H3. The zero-order valence-electron chi connectivity index (χ0n) is 19.6. The van der Waals surface area contributed by atoms with Gasteiger partial charge in [-0.25, -0.2) is 14.0 Å². The van der Waals surface area contributed by atoms with Crippen molar-refractivity contribution in [3.8, 4) is 11.5 Å². The quantitative estimate of drug-likeness (QED) is 0.153. The molecule has 0 fully saturated rings. The molecule has 0 atom stereocenters. The van der Waals surface area contributed by atoms with Gasteiger partial charge in [-0.3, -0.25) is 0 Å². The van der Waals surface area contributed by atoms with Crippen molar-refractivity contribution in [1.82, 2.24) is 0 Å². The van der Waals surface area contributed by atoms with Crippen LogP contribution in [-0.2, 0) is 9.59 Å². The highest BCUT2D eigenvalue weighted by atomic mass is 19.1. The number of halogens is 1. The first-order valence-electron chi connectivity index (χ1n) is 10.8. The maximum atomic E-state index is 14.6. The van der Waals surface area contributed by atoms with E-state index in [1.165, 1.54) is 6.07 Å². The van der Waals surface area contributed by atoms with Crippen LogP contribution in [0.3, 0.4) is 0 Å². The van der Waals surface area contributed by atoms with Crippen molar-refractivity contribution in [2.45, 2.75) is 13.8 Å². The zero-order valence-corrected chi connectivity index (χ0v) is 19.6. The number of hydrogen-bond acceptors (Lipinski definition) is 4. The summed E-state index contributed by atoms with van der Waals surface area (Å²) >= 11 is 0. The van der Waals surface area contributed by atoms with Gasteiger partial charge in [-0.1, -0.05) is 73.9 Å². The first-order valence-corrected chi connectivity index (χ1v) is 10.8. The Balaban J connectivity index is 1.62. The van der Waals surface area contributed by atoms with Crippen LogP contribution in [-0.4, -0.2) is 11.9 Å². The average Bonchev–Trinajstić information content (AvgIpc) is 2.83. The predicted octanol–water partition coefficient (Wildman–Crippen LogP) is 7.13. The number of carbonyl (C=O) groups is 2. The van der Waals surface area contributed by atoms with Crippen LogP contribution in [0.4, 0.5) is 4.39 Å². The van der Waals surface area contributed by atoms with E-state index in [0.717, 1.165) is 11.1 Å². The van der Waals surface area contributed by atoms with E-state index < -0.39 is 11.9 Å². The van der Waals surface area contributed by atoms with Gasteiger partial charge in [0.05, 0.1) is 0 Å². The lowest BCUT2D eigenvalue weighted by atomic mass is 10.1. The maximum Gasteiger partial charge on any atom is 0.338 e. The summed E-state index contributed by atoms with van der Waals surface area (Å²) in [6.45, 7) is 10.3. The van der Waals surface area contributed by atoms with E-state index >= 15 is 0 Å². The van der Waals surface area contributed by atoms with Crippen LogP contribution in [0.25, 0.3) is 24.3 Å². The van der Waals surface area contributed by atoms with Crippen molar-refractivity contribution < 1.29 is 23.5 Å². The molecule has 0 heterocycles. The summed E-state index contributed by atoms with van der Waals surface area (Å²) in [5.41, 5.74) is 3.52. The predicted molar refractivity (Wildman–Crippen MR) is 138 cm³/mol. The van der Waals surface area contributed by atoms with Crippen LogP contribution < -0.4 is 9.47 Å². The Labute approximate surface area is 204 Å². The van der Waals surface area contributed by atoms with Crippen molar-refractivity contribution >= 4 is 36.2 Å². The van der Waals surface area contributed by atoms with E-state index in [4.69, 9.17) is 9.47 Å². The zero-order chi connectivity index (χ0) is 25.4. The van der Waals surface area contributed by atoms with Crippen molar-refractivity contribution in [1.29, 1.82) is 0 Å². The van der Waals surface area contributed by atoms with Gasteiger partial charge in [-0.05, 0) is 60.9 Å². The van der Waals surface area contributed by atoms with Gasteiger partial charge in [0, 0.05) is 16.7 Å². The molecule has 176 valence electrons. The lowest BCUT2D eigenvalue weighted by Crippen LogP contribution is -2.07. The van der Waals surface area contributed by atoms with Gasteiger partial charge in [-0.2, -0.15) is 0 Å². The van der Waals surface area contributed by atoms with Gasteiger partial charge >= 0.3 is 11.9 Å². The van der Waals surface area contributed by atoms with Crippen LogP contribution in [0.1, 0.15) is 36.1 Å². The van der Waals surface area contributed by atoms with Crippen LogP contribution in [0, 0.1) is 5.82 Å². The molecule has 35 heavy (non-hydrogen) atoms. The first-order chi connectivity index (χ1) is 16.7. The molecule has 3 aromatic rings. The van der Waals surface area contributed by atoms with E-state index in [-0.39, 0.29) is 5.82 Å². The summed E-state index contributed by atoms with van der Waals surface area (Å²) in [5, 5.41) is 0. The molecule has 0 aromatic heterocycles. The topological polar surface area (TPSA) is 52.6 Å². The molecule has 0 radical (unpaired) electrons. The van der Waals surface area contributed by atoms with E-state index in [2.05, 4.69) is 13.2 Å². The molecule has 3 aromatic carbocycles. The minimum absolute atomic E-state index is 0.322. The first kappa shape index (κ1) is 25.1. The van der Waals surface area contributed by atoms with Crippen molar-refractivity contribution in [3.63, 3.8) is 0 Å². The smallest absolute Gasteiger partial charge is 0.338 e. The molecule has 0 bridgehead atoms.